The van der Waals surface area contributed by atoms with Gasteiger partial charge in [-0.3, -0.25) is 4.79 Å². The van der Waals surface area contributed by atoms with E-state index in [1.807, 2.05) is 6.92 Å². The lowest BCUT2D eigenvalue weighted by molar-refractivity contribution is -0.116. The molecule has 2 atom stereocenters. The number of hydrogen-bond acceptors (Lipinski definition) is 4. The second-order valence-electron chi connectivity index (χ2n) is 6.46. The van der Waals surface area contributed by atoms with Crippen LogP contribution in [0.1, 0.15) is 39.0 Å². The van der Waals surface area contributed by atoms with Crippen LogP contribution in [0.25, 0.3) is 0 Å². The first kappa shape index (κ1) is 19.2. The Labute approximate surface area is 148 Å². The van der Waals surface area contributed by atoms with Crippen LogP contribution >= 0.6 is 0 Å². The minimum atomic E-state index is -3.29. The van der Waals surface area contributed by atoms with E-state index in [2.05, 4.69) is 16.0 Å². The highest BCUT2D eigenvalue weighted by molar-refractivity contribution is 7.90. The van der Waals surface area contributed by atoms with E-state index in [1.54, 1.807) is 12.1 Å². The Morgan fingerprint density at radius 3 is 2.60 bits per heavy atom. The predicted octanol–water partition coefficient (Wildman–Crippen LogP) is 2.05. The molecule has 138 valence electrons. The zero-order chi connectivity index (χ0) is 18.4. The van der Waals surface area contributed by atoms with Gasteiger partial charge >= 0.3 is 6.03 Å². The zero-order valence-electron chi connectivity index (χ0n) is 14.5. The normalized spacial score (nSPS) is 20.0. The van der Waals surface area contributed by atoms with Gasteiger partial charge in [-0.25, -0.2) is 13.2 Å². The maximum atomic E-state index is 12.0. The standard InChI is InChI=1S/C17H25N3O4S/c1-12-15(20-17(22)18-12)9-4-3-5-10-16(21)19-13-7-6-8-14(11-13)25(2,23)24/h6-8,11-12,15H,3-5,9-10H2,1-2H3,(H,19,21)(H2,18,20,22)/t12-,15+/m1/s1. The monoisotopic (exact) mass is 367 g/mol. The van der Waals surface area contributed by atoms with Gasteiger partial charge in [-0.2, -0.15) is 0 Å². The van der Waals surface area contributed by atoms with Crippen molar-refractivity contribution in [1.82, 2.24) is 10.6 Å². The molecule has 1 aromatic rings. The number of amides is 3. The number of benzene rings is 1. The number of carbonyl (C=O) groups is 2. The van der Waals surface area contributed by atoms with Gasteiger partial charge < -0.3 is 16.0 Å². The topological polar surface area (TPSA) is 104 Å². The smallest absolute Gasteiger partial charge is 0.315 e. The van der Waals surface area contributed by atoms with Crippen molar-refractivity contribution in [1.29, 1.82) is 0 Å². The molecular formula is C17H25N3O4S. The Kier molecular flexibility index (Phi) is 6.41. The van der Waals surface area contributed by atoms with Crippen LogP contribution in [-0.2, 0) is 14.6 Å². The zero-order valence-corrected chi connectivity index (χ0v) is 15.4. The molecule has 0 unspecified atom stereocenters. The molecule has 1 aliphatic heterocycles. The van der Waals surface area contributed by atoms with Gasteiger partial charge in [0.1, 0.15) is 0 Å². The average Bonchev–Trinajstić information content (AvgIpc) is 2.84. The van der Waals surface area contributed by atoms with Gasteiger partial charge in [0.2, 0.25) is 5.91 Å². The molecule has 0 bridgehead atoms. The van der Waals surface area contributed by atoms with Crippen molar-refractivity contribution >= 4 is 27.5 Å². The fourth-order valence-electron chi connectivity index (χ4n) is 2.82. The van der Waals surface area contributed by atoms with Gasteiger partial charge in [-0.1, -0.05) is 18.9 Å². The van der Waals surface area contributed by atoms with Crippen LogP contribution in [0.2, 0.25) is 0 Å². The third-order valence-electron chi connectivity index (χ3n) is 4.24. The number of anilines is 1. The van der Waals surface area contributed by atoms with Crippen LogP contribution < -0.4 is 16.0 Å². The van der Waals surface area contributed by atoms with Crippen LogP contribution in [-0.4, -0.2) is 38.7 Å². The third-order valence-corrected chi connectivity index (χ3v) is 5.35. The summed E-state index contributed by atoms with van der Waals surface area (Å²) in [4.78, 5) is 23.3. The number of unbranched alkanes of at least 4 members (excludes halogenated alkanes) is 2. The minimum absolute atomic E-state index is 0.117. The van der Waals surface area contributed by atoms with Gasteiger partial charge in [-0.05, 0) is 38.0 Å². The molecule has 3 amide bonds. The van der Waals surface area contributed by atoms with Gasteiger partial charge in [0.25, 0.3) is 0 Å². The SMILES string of the molecule is C[C@H]1NC(=O)N[C@H]1CCCCCC(=O)Nc1cccc(S(C)(=O)=O)c1. The number of rotatable bonds is 8. The van der Waals surface area contributed by atoms with E-state index in [4.69, 9.17) is 0 Å². The van der Waals surface area contributed by atoms with Crippen molar-refractivity contribution < 1.29 is 18.0 Å². The number of nitrogens with one attached hydrogen (secondary N) is 3. The summed E-state index contributed by atoms with van der Waals surface area (Å²) in [5, 5.41) is 8.42. The highest BCUT2D eigenvalue weighted by Crippen LogP contribution is 2.16. The Bertz CT molecular complexity index is 733. The molecule has 0 saturated carbocycles. The summed E-state index contributed by atoms with van der Waals surface area (Å²) in [6.07, 6.45) is 4.99. The van der Waals surface area contributed by atoms with Crippen molar-refractivity contribution in [2.45, 2.75) is 56.0 Å². The fraction of sp³-hybridized carbons (Fsp3) is 0.529. The Hall–Kier alpha value is -2.09. The summed E-state index contributed by atoms with van der Waals surface area (Å²) in [5.41, 5.74) is 0.487. The lowest BCUT2D eigenvalue weighted by Gasteiger charge is -2.13. The Morgan fingerprint density at radius 1 is 1.20 bits per heavy atom. The predicted molar refractivity (Wildman–Crippen MR) is 96.2 cm³/mol. The van der Waals surface area contributed by atoms with Crippen molar-refractivity contribution in [3.05, 3.63) is 24.3 Å². The molecule has 1 fully saturated rings. The summed E-state index contributed by atoms with van der Waals surface area (Å²) in [7, 11) is -3.29. The van der Waals surface area contributed by atoms with Crippen LogP contribution in [0.3, 0.4) is 0 Å². The van der Waals surface area contributed by atoms with E-state index in [-0.39, 0.29) is 28.9 Å². The molecule has 8 heteroatoms. The summed E-state index contributed by atoms with van der Waals surface area (Å²) in [6, 6.07) is 6.42. The van der Waals surface area contributed by atoms with E-state index < -0.39 is 9.84 Å². The number of sulfone groups is 1. The van der Waals surface area contributed by atoms with Gasteiger partial charge in [0, 0.05) is 24.4 Å². The Balaban J connectivity index is 1.68. The summed E-state index contributed by atoms with van der Waals surface area (Å²) < 4.78 is 23.0. The number of hydrogen-bond donors (Lipinski definition) is 3. The van der Waals surface area contributed by atoms with Crippen molar-refractivity contribution in [3.8, 4) is 0 Å². The molecule has 25 heavy (non-hydrogen) atoms. The molecule has 1 heterocycles. The largest absolute Gasteiger partial charge is 0.334 e. The first-order valence-corrected chi connectivity index (χ1v) is 10.3. The summed E-state index contributed by atoms with van der Waals surface area (Å²) in [6.45, 7) is 1.97. The average molecular weight is 367 g/mol. The lowest BCUT2D eigenvalue weighted by atomic mass is 10.0. The lowest BCUT2D eigenvalue weighted by Crippen LogP contribution is -2.30. The molecule has 0 aliphatic carbocycles. The van der Waals surface area contributed by atoms with Crippen LogP contribution in [0, 0.1) is 0 Å². The van der Waals surface area contributed by atoms with Gasteiger partial charge in [0.15, 0.2) is 9.84 Å². The molecule has 3 N–H and O–H groups in total. The third kappa shape index (κ3) is 6.04. The maximum Gasteiger partial charge on any atom is 0.315 e. The van der Waals surface area contributed by atoms with Crippen LogP contribution in [0.15, 0.2) is 29.2 Å². The number of carbonyl (C=O) groups excluding carboxylic acids is 2. The molecule has 7 nitrogen and oxygen atoms in total. The summed E-state index contributed by atoms with van der Waals surface area (Å²) in [5.74, 6) is -0.130. The van der Waals surface area contributed by atoms with E-state index >= 15 is 0 Å². The van der Waals surface area contributed by atoms with E-state index in [9.17, 15) is 18.0 Å². The van der Waals surface area contributed by atoms with E-state index in [1.165, 1.54) is 12.1 Å². The van der Waals surface area contributed by atoms with Gasteiger partial charge in [0.05, 0.1) is 10.9 Å². The van der Waals surface area contributed by atoms with Crippen LogP contribution in [0.5, 0.6) is 0 Å². The molecule has 1 aliphatic rings. The highest BCUT2D eigenvalue weighted by Gasteiger charge is 2.26. The second-order valence-corrected chi connectivity index (χ2v) is 8.48. The van der Waals surface area contributed by atoms with E-state index in [0.29, 0.717) is 12.1 Å². The minimum Gasteiger partial charge on any atom is -0.334 e. The maximum absolute atomic E-state index is 12.0. The highest BCUT2D eigenvalue weighted by atomic mass is 32.2. The molecular weight excluding hydrogens is 342 g/mol. The molecule has 0 aromatic heterocycles. The number of urea groups is 1. The van der Waals surface area contributed by atoms with Crippen LogP contribution in [0.4, 0.5) is 10.5 Å². The van der Waals surface area contributed by atoms with E-state index in [0.717, 1.165) is 31.9 Å². The first-order chi connectivity index (χ1) is 11.8. The quantitative estimate of drug-likeness (QED) is 0.612. The summed E-state index contributed by atoms with van der Waals surface area (Å²) >= 11 is 0. The molecule has 2 rings (SSSR count). The van der Waals surface area contributed by atoms with Crippen molar-refractivity contribution in [2.75, 3.05) is 11.6 Å². The Morgan fingerprint density at radius 2 is 1.96 bits per heavy atom. The molecule has 1 aromatic carbocycles. The van der Waals surface area contributed by atoms with Gasteiger partial charge in [-0.15, -0.1) is 0 Å². The molecule has 0 radical (unpaired) electrons. The molecule has 0 spiro atoms. The van der Waals surface area contributed by atoms with Crippen molar-refractivity contribution in [3.63, 3.8) is 0 Å². The first-order valence-electron chi connectivity index (χ1n) is 8.43. The second kappa shape index (κ2) is 8.33. The fourth-order valence-corrected chi connectivity index (χ4v) is 3.49. The molecule has 1 saturated heterocycles. The van der Waals surface area contributed by atoms with Crippen molar-refractivity contribution in [2.24, 2.45) is 0 Å².